The van der Waals surface area contributed by atoms with Crippen molar-refractivity contribution in [3.63, 3.8) is 0 Å². The molecular formula is C12H19N3O4. The third-order valence-corrected chi connectivity index (χ3v) is 3.35. The molecule has 1 saturated carbocycles. The van der Waals surface area contributed by atoms with Gasteiger partial charge in [-0.25, -0.2) is 0 Å². The van der Waals surface area contributed by atoms with E-state index in [0.717, 1.165) is 12.8 Å². The number of amides is 2. The highest BCUT2D eigenvalue weighted by Gasteiger charge is 2.30. The Balaban J connectivity index is 1.74. The third-order valence-electron chi connectivity index (χ3n) is 3.35. The van der Waals surface area contributed by atoms with E-state index in [1.54, 1.807) is 0 Å². The van der Waals surface area contributed by atoms with Crippen LogP contribution >= 0.6 is 0 Å². The van der Waals surface area contributed by atoms with Gasteiger partial charge in [-0.1, -0.05) is 0 Å². The molecule has 0 radical (unpaired) electrons. The Labute approximate surface area is 111 Å². The van der Waals surface area contributed by atoms with Crippen LogP contribution in [0.4, 0.5) is 0 Å². The van der Waals surface area contributed by atoms with Crippen LogP contribution in [0.3, 0.4) is 0 Å². The minimum absolute atomic E-state index is 0.192. The van der Waals surface area contributed by atoms with Gasteiger partial charge in [-0.05, 0) is 12.8 Å². The Hall–Kier alpha value is -1.63. The predicted octanol–water partition coefficient (Wildman–Crippen LogP) is -1.42. The zero-order valence-electron chi connectivity index (χ0n) is 11.1. The molecule has 1 aliphatic carbocycles. The van der Waals surface area contributed by atoms with Crippen LogP contribution in [-0.2, 0) is 19.1 Å². The Bertz CT molecular complexity index is 373. The molecule has 0 aromatic heterocycles. The van der Waals surface area contributed by atoms with Gasteiger partial charge in [-0.15, -0.1) is 0 Å². The summed E-state index contributed by atoms with van der Waals surface area (Å²) in [6.45, 7) is 2.32. The van der Waals surface area contributed by atoms with Gasteiger partial charge in [0.15, 0.2) is 0 Å². The third kappa shape index (κ3) is 3.92. The molecule has 2 amide bonds. The molecule has 0 unspecified atom stereocenters. The number of nitrogens with zero attached hydrogens (tertiary/aromatic N) is 2. The van der Waals surface area contributed by atoms with Gasteiger partial charge in [-0.2, -0.15) is 0 Å². The summed E-state index contributed by atoms with van der Waals surface area (Å²) in [4.78, 5) is 38.0. The molecule has 7 heteroatoms. The zero-order valence-corrected chi connectivity index (χ0v) is 11.1. The fraction of sp³-hybridized carbons (Fsp3) is 0.750. The van der Waals surface area contributed by atoms with Gasteiger partial charge in [0.2, 0.25) is 0 Å². The van der Waals surface area contributed by atoms with E-state index in [1.807, 2.05) is 4.90 Å². The van der Waals surface area contributed by atoms with Gasteiger partial charge in [0.05, 0.1) is 13.7 Å². The minimum Gasteiger partial charge on any atom is -0.468 e. The molecule has 0 bridgehead atoms. The Morgan fingerprint density at radius 2 is 1.79 bits per heavy atom. The molecule has 19 heavy (non-hydrogen) atoms. The van der Waals surface area contributed by atoms with E-state index in [4.69, 9.17) is 0 Å². The summed E-state index contributed by atoms with van der Waals surface area (Å²) < 4.78 is 4.59. The number of carbonyl (C=O) groups is 3. The van der Waals surface area contributed by atoms with E-state index >= 15 is 0 Å². The molecule has 1 saturated heterocycles. The van der Waals surface area contributed by atoms with Crippen molar-refractivity contribution >= 4 is 17.8 Å². The van der Waals surface area contributed by atoms with Gasteiger partial charge in [0.25, 0.3) is 0 Å². The van der Waals surface area contributed by atoms with Gasteiger partial charge >= 0.3 is 17.8 Å². The van der Waals surface area contributed by atoms with Crippen molar-refractivity contribution in [1.29, 1.82) is 0 Å². The van der Waals surface area contributed by atoms with Crippen molar-refractivity contribution in [2.24, 2.45) is 0 Å². The fourth-order valence-corrected chi connectivity index (χ4v) is 1.97. The van der Waals surface area contributed by atoms with E-state index < -0.39 is 11.8 Å². The minimum atomic E-state index is -0.510. The molecule has 0 aromatic carbocycles. The molecule has 1 aliphatic heterocycles. The number of nitrogens with one attached hydrogen (secondary N) is 1. The van der Waals surface area contributed by atoms with Crippen LogP contribution in [0.25, 0.3) is 0 Å². The Morgan fingerprint density at radius 3 is 2.32 bits per heavy atom. The highest BCUT2D eigenvalue weighted by Crippen LogP contribution is 2.18. The molecule has 2 rings (SSSR count). The lowest BCUT2D eigenvalue weighted by atomic mass is 10.3. The number of carbonyl (C=O) groups excluding carboxylic acids is 3. The smallest absolute Gasteiger partial charge is 0.319 e. The van der Waals surface area contributed by atoms with Crippen molar-refractivity contribution in [2.75, 3.05) is 39.8 Å². The van der Waals surface area contributed by atoms with E-state index in [9.17, 15) is 14.4 Å². The first-order valence-electron chi connectivity index (χ1n) is 6.49. The summed E-state index contributed by atoms with van der Waals surface area (Å²) in [5.74, 6) is -1.26. The SMILES string of the molecule is COC(=O)CN1CCN(C(=O)C(=O)NC2CC2)CC1. The lowest BCUT2D eigenvalue weighted by Crippen LogP contribution is -2.53. The monoisotopic (exact) mass is 269 g/mol. The summed E-state index contributed by atoms with van der Waals surface area (Å²) >= 11 is 0. The maximum absolute atomic E-state index is 11.9. The topological polar surface area (TPSA) is 79.0 Å². The average Bonchev–Trinajstić information content (AvgIpc) is 3.22. The van der Waals surface area contributed by atoms with Gasteiger partial charge in [0.1, 0.15) is 0 Å². The summed E-state index contributed by atoms with van der Waals surface area (Å²) in [7, 11) is 1.35. The lowest BCUT2D eigenvalue weighted by molar-refractivity contribution is -0.148. The summed E-state index contributed by atoms with van der Waals surface area (Å²) in [5.41, 5.74) is 0. The molecule has 0 atom stereocenters. The van der Waals surface area contributed by atoms with E-state index in [2.05, 4.69) is 10.1 Å². The summed E-state index contributed by atoms with van der Waals surface area (Å²) in [6, 6.07) is 0.192. The first kappa shape index (κ1) is 13.8. The van der Waals surface area contributed by atoms with Crippen LogP contribution in [0.15, 0.2) is 0 Å². The first-order valence-corrected chi connectivity index (χ1v) is 6.49. The number of hydrogen-bond acceptors (Lipinski definition) is 5. The number of rotatable bonds is 3. The van der Waals surface area contributed by atoms with Crippen LogP contribution < -0.4 is 5.32 Å². The van der Waals surface area contributed by atoms with E-state index in [-0.39, 0.29) is 18.6 Å². The Morgan fingerprint density at radius 1 is 1.16 bits per heavy atom. The number of piperazine rings is 1. The standard InChI is InChI=1S/C12H19N3O4/c1-19-10(16)8-14-4-6-15(7-5-14)12(18)11(17)13-9-2-3-9/h9H,2-8H2,1H3,(H,13,17). The second kappa shape index (κ2) is 6.01. The van der Waals surface area contributed by atoms with E-state index in [1.165, 1.54) is 12.0 Å². The molecular weight excluding hydrogens is 250 g/mol. The highest BCUT2D eigenvalue weighted by molar-refractivity contribution is 6.35. The van der Waals surface area contributed by atoms with Gasteiger partial charge in [-0.3, -0.25) is 19.3 Å². The molecule has 2 aliphatic rings. The number of ether oxygens (including phenoxy) is 1. The number of methoxy groups -OCH3 is 1. The van der Waals surface area contributed by atoms with Crippen LogP contribution in [0.2, 0.25) is 0 Å². The number of esters is 1. The highest BCUT2D eigenvalue weighted by atomic mass is 16.5. The average molecular weight is 269 g/mol. The molecule has 0 spiro atoms. The normalized spacial score (nSPS) is 19.9. The van der Waals surface area contributed by atoms with Crippen LogP contribution in [0, 0.1) is 0 Å². The van der Waals surface area contributed by atoms with Crippen molar-refractivity contribution in [3.05, 3.63) is 0 Å². The molecule has 7 nitrogen and oxygen atoms in total. The zero-order chi connectivity index (χ0) is 13.8. The van der Waals surface area contributed by atoms with Gasteiger partial charge < -0.3 is 15.0 Å². The maximum Gasteiger partial charge on any atom is 0.319 e. The fourth-order valence-electron chi connectivity index (χ4n) is 1.97. The second-order valence-electron chi connectivity index (χ2n) is 4.89. The molecule has 1 N–H and O–H groups in total. The molecule has 2 fully saturated rings. The second-order valence-corrected chi connectivity index (χ2v) is 4.89. The number of hydrogen-bond donors (Lipinski definition) is 1. The molecule has 1 heterocycles. The van der Waals surface area contributed by atoms with Crippen LogP contribution in [-0.4, -0.2) is 73.5 Å². The first-order chi connectivity index (χ1) is 9.10. The predicted molar refractivity (Wildman–Crippen MR) is 66.2 cm³/mol. The molecule has 0 aromatic rings. The summed E-state index contributed by atoms with van der Waals surface area (Å²) in [5, 5.41) is 2.69. The van der Waals surface area contributed by atoms with Crippen molar-refractivity contribution in [3.8, 4) is 0 Å². The Kier molecular flexibility index (Phi) is 4.36. The summed E-state index contributed by atoms with van der Waals surface area (Å²) in [6.07, 6.45) is 1.93. The van der Waals surface area contributed by atoms with Crippen molar-refractivity contribution in [2.45, 2.75) is 18.9 Å². The quantitative estimate of drug-likeness (QED) is 0.502. The largest absolute Gasteiger partial charge is 0.468 e. The van der Waals surface area contributed by atoms with Gasteiger partial charge in [0, 0.05) is 32.2 Å². The molecule has 106 valence electrons. The van der Waals surface area contributed by atoms with Crippen LogP contribution in [0.5, 0.6) is 0 Å². The van der Waals surface area contributed by atoms with Crippen molar-refractivity contribution < 1.29 is 19.1 Å². The maximum atomic E-state index is 11.9. The van der Waals surface area contributed by atoms with Crippen LogP contribution in [0.1, 0.15) is 12.8 Å². The van der Waals surface area contributed by atoms with E-state index in [0.29, 0.717) is 26.2 Å². The lowest BCUT2D eigenvalue weighted by Gasteiger charge is -2.33. The van der Waals surface area contributed by atoms with Crippen molar-refractivity contribution in [1.82, 2.24) is 15.1 Å².